The second-order valence-corrected chi connectivity index (χ2v) is 8.85. The zero-order chi connectivity index (χ0) is 20.9. The van der Waals surface area contributed by atoms with Gasteiger partial charge in [0.1, 0.15) is 0 Å². The Balaban J connectivity index is 1.18. The van der Waals surface area contributed by atoms with Gasteiger partial charge in [0.2, 0.25) is 0 Å². The van der Waals surface area contributed by atoms with Crippen LogP contribution in [0.25, 0.3) is 22.4 Å². The van der Waals surface area contributed by atoms with Gasteiger partial charge in [0.05, 0.1) is 25.1 Å². The summed E-state index contributed by atoms with van der Waals surface area (Å²) in [7, 11) is 0. The summed E-state index contributed by atoms with van der Waals surface area (Å²) in [6.45, 7) is 8.55. The van der Waals surface area contributed by atoms with E-state index in [1.165, 1.54) is 54.7 Å². The molecule has 0 amide bonds. The van der Waals surface area contributed by atoms with Crippen molar-refractivity contribution in [3.63, 3.8) is 0 Å². The fourth-order valence-electron chi connectivity index (χ4n) is 4.86. The second kappa shape index (κ2) is 9.77. The largest absolute Gasteiger partial charge is 0.379 e. The topological polar surface area (TPSA) is 44.4 Å². The first kappa shape index (κ1) is 20.4. The first-order chi connectivity index (χ1) is 15.3. The number of morpholine rings is 1. The van der Waals surface area contributed by atoms with Crippen LogP contribution in [-0.2, 0) is 11.3 Å². The number of nitrogens with one attached hydrogen (secondary N) is 1. The lowest BCUT2D eigenvalue weighted by atomic mass is 9.95. The smallest absolute Gasteiger partial charge is 0.0695 e. The molecule has 0 aliphatic carbocycles. The minimum absolute atomic E-state index is 0.823. The number of rotatable bonds is 6. The molecule has 1 N–H and O–H groups in total. The Labute approximate surface area is 185 Å². The molecule has 0 saturated carbocycles. The summed E-state index contributed by atoms with van der Waals surface area (Å²) in [5, 5.41) is 7.61. The van der Waals surface area contributed by atoms with E-state index in [4.69, 9.17) is 4.74 Å². The molecule has 0 radical (unpaired) electrons. The lowest BCUT2D eigenvalue weighted by Crippen LogP contribution is -2.42. The molecule has 5 heteroatoms. The number of likely N-dealkylation sites (tertiary alicyclic amines) is 1. The van der Waals surface area contributed by atoms with Crippen LogP contribution in [0, 0.1) is 5.92 Å². The third kappa shape index (κ3) is 5.06. The van der Waals surface area contributed by atoms with E-state index < -0.39 is 0 Å². The summed E-state index contributed by atoms with van der Waals surface area (Å²) in [5.74, 6) is 0.823. The van der Waals surface area contributed by atoms with E-state index in [1.54, 1.807) is 0 Å². The molecule has 2 aliphatic rings. The van der Waals surface area contributed by atoms with Crippen LogP contribution in [-0.4, -0.2) is 65.9 Å². The minimum atomic E-state index is 0.823. The van der Waals surface area contributed by atoms with Crippen LogP contribution in [0.2, 0.25) is 0 Å². The van der Waals surface area contributed by atoms with E-state index in [2.05, 4.69) is 74.6 Å². The molecule has 2 saturated heterocycles. The Bertz CT molecular complexity index is 939. The van der Waals surface area contributed by atoms with Crippen molar-refractivity contribution in [3.8, 4) is 22.4 Å². The van der Waals surface area contributed by atoms with Crippen molar-refractivity contribution in [2.45, 2.75) is 19.4 Å². The lowest BCUT2D eigenvalue weighted by Gasteiger charge is -2.36. The van der Waals surface area contributed by atoms with Gasteiger partial charge in [-0.15, -0.1) is 0 Å². The van der Waals surface area contributed by atoms with Crippen molar-refractivity contribution < 1.29 is 4.74 Å². The van der Waals surface area contributed by atoms with Crippen molar-refractivity contribution in [2.75, 3.05) is 45.9 Å². The monoisotopic (exact) mass is 416 g/mol. The van der Waals surface area contributed by atoms with Crippen LogP contribution in [0.4, 0.5) is 0 Å². The summed E-state index contributed by atoms with van der Waals surface area (Å²) < 4.78 is 5.48. The minimum Gasteiger partial charge on any atom is -0.379 e. The lowest BCUT2D eigenvalue weighted by molar-refractivity contribution is 0.0242. The maximum Gasteiger partial charge on any atom is 0.0695 e. The van der Waals surface area contributed by atoms with Gasteiger partial charge < -0.3 is 4.74 Å². The molecule has 2 aromatic carbocycles. The number of nitrogens with zero attached hydrogens (tertiary/aromatic N) is 3. The number of aromatic nitrogens is 2. The Morgan fingerprint density at radius 1 is 0.806 bits per heavy atom. The van der Waals surface area contributed by atoms with Crippen LogP contribution in [0.1, 0.15) is 18.4 Å². The number of piperidine rings is 1. The van der Waals surface area contributed by atoms with Crippen LogP contribution < -0.4 is 0 Å². The molecule has 0 spiro atoms. The predicted molar refractivity (Wildman–Crippen MR) is 125 cm³/mol. The van der Waals surface area contributed by atoms with Crippen molar-refractivity contribution in [3.05, 3.63) is 66.4 Å². The highest BCUT2D eigenvalue weighted by Gasteiger charge is 2.23. The normalized spacial score (nSPS) is 19.0. The fraction of sp³-hybridized carbons (Fsp3) is 0.423. The van der Waals surface area contributed by atoms with Crippen LogP contribution in [0.15, 0.2) is 60.8 Å². The van der Waals surface area contributed by atoms with Gasteiger partial charge in [0.25, 0.3) is 0 Å². The van der Waals surface area contributed by atoms with Crippen LogP contribution >= 0.6 is 0 Å². The third-order valence-corrected chi connectivity index (χ3v) is 6.72. The number of H-pyrrole nitrogens is 1. The summed E-state index contributed by atoms with van der Waals surface area (Å²) in [6.07, 6.45) is 4.58. The predicted octanol–water partition coefficient (Wildman–Crippen LogP) is 4.29. The van der Waals surface area contributed by atoms with E-state index in [1.807, 2.05) is 6.20 Å². The van der Waals surface area contributed by atoms with Crippen molar-refractivity contribution in [2.24, 2.45) is 5.92 Å². The summed E-state index contributed by atoms with van der Waals surface area (Å²) in [6, 6.07) is 19.3. The number of hydrogen-bond acceptors (Lipinski definition) is 4. The van der Waals surface area contributed by atoms with Crippen molar-refractivity contribution in [1.82, 2.24) is 20.0 Å². The average Bonchev–Trinajstić information content (AvgIpc) is 3.30. The molecule has 5 nitrogen and oxygen atoms in total. The van der Waals surface area contributed by atoms with Gasteiger partial charge >= 0.3 is 0 Å². The van der Waals surface area contributed by atoms with Gasteiger partial charge in [-0.25, -0.2) is 0 Å². The highest BCUT2D eigenvalue weighted by molar-refractivity contribution is 5.69. The number of hydrogen-bond donors (Lipinski definition) is 1. The summed E-state index contributed by atoms with van der Waals surface area (Å²) >= 11 is 0. The zero-order valence-corrected chi connectivity index (χ0v) is 18.2. The molecular formula is C26H32N4O. The molecule has 5 rings (SSSR count). The maximum absolute atomic E-state index is 5.48. The number of benzene rings is 2. The first-order valence-corrected chi connectivity index (χ1v) is 11.6. The van der Waals surface area contributed by atoms with E-state index in [0.29, 0.717) is 0 Å². The molecule has 1 aromatic heterocycles. The van der Waals surface area contributed by atoms with Crippen LogP contribution in [0.3, 0.4) is 0 Å². The van der Waals surface area contributed by atoms with E-state index >= 15 is 0 Å². The van der Waals surface area contributed by atoms with Gasteiger partial charge in [0.15, 0.2) is 0 Å². The quantitative estimate of drug-likeness (QED) is 0.651. The summed E-state index contributed by atoms with van der Waals surface area (Å²) in [4.78, 5) is 5.17. The highest BCUT2D eigenvalue weighted by atomic mass is 16.5. The van der Waals surface area contributed by atoms with E-state index in [9.17, 15) is 0 Å². The maximum atomic E-state index is 5.48. The SMILES string of the molecule is c1ccc(-c2ccc(-c3[nH]ncc3CN3CCC(CN4CCOCC4)CC3)cc2)cc1. The summed E-state index contributed by atoms with van der Waals surface area (Å²) in [5.41, 5.74) is 6.13. The molecule has 0 atom stereocenters. The number of aromatic amines is 1. The second-order valence-electron chi connectivity index (χ2n) is 8.85. The molecule has 2 fully saturated rings. The van der Waals surface area contributed by atoms with E-state index in [0.717, 1.165) is 44.5 Å². The Hall–Kier alpha value is -2.47. The molecule has 31 heavy (non-hydrogen) atoms. The Morgan fingerprint density at radius 3 is 2.23 bits per heavy atom. The van der Waals surface area contributed by atoms with Gasteiger partial charge in [-0.1, -0.05) is 54.6 Å². The van der Waals surface area contributed by atoms with Gasteiger partial charge in [-0.05, 0) is 48.5 Å². The molecular weight excluding hydrogens is 384 g/mol. The average molecular weight is 417 g/mol. The van der Waals surface area contributed by atoms with E-state index in [-0.39, 0.29) is 0 Å². The number of ether oxygens (including phenoxy) is 1. The van der Waals surface area contributed by atoms with Crippen LogP contribution in [0.5, 0.6) is 0 Å². The highest BCUT2D eigenvalue weighted by Crippen LogP contribution is 2.27. The Kier molecular flexibility index (Phi) is 6.44. The fourth-order valence-corrected chi connectivity index (χ4v) is 4.86. The van der Waals surface area contributed by atoms with Gasteiger partial charge in [0, 0.05) is 31.7 Å². The van der Waals surface area contributed by atoms with Gasteiger partial charge in [-0.2, -0.15) is 5.10 Å². The van der Waals surface area contributed by atoms with Gasteiger partial charge in [-0.3, -0.25) is 14.9 Å². The molecule has 162 valence electrons. The first-order valence-electron chi connectivity index (χ1n) is 11.6. The molecule has 3 aromatic rings. The molecule has 0 bridgehead atoms. The molecule has 0 unspecified atom stereocenters. The third-order valence-electron chi connectivity index (χ3n) is 6.72. The molecule has 3 heterocycles. The zero-order valence-electron chi connectivity index (χ0n) is 18.2. The van der Waals surface area contributed by atoms with Crippen molar-refractivity contribution in [1.29, 1.82) is 0 Å². The van der Waals surface area contributed by atoms with Crippen molar-refractivity contribution >= 4 is 0 Å². The Morgan fingerprint density at radius 2 is 1.48 bits per heavy atom. The molecule has 2 aliphatic heterocycles. The standard InChI is InChI=1S/C26H32N4O/c1-2-4-22(5-3-1)23-6-8-24(9-7-23)26-25(18-27-28-26)20-29-12-10-21(11-13-29)19-30-14-16-31-17-15-30/h1-9,18,21H,10-17,19-20H2,(H,27,28).